The van der Waals surface area contributed by atoms with E-state index in [4.69, 9.17) is 10.5 Å². The van der Waals surface area contributed by atoms with Crippen molar-refractivity contribution in [3.05, 3.63) is 11.9 Å². The highest BCUT2D eigenvalue weighted by molar-refractivity contribution is 5.78. The molecule has 1 fully saturated rings. The Hall–Kier alpha value is -1.63. The minimum Gasteiger partial charge on any atom is -0.375 e. The summed E-state index contributed by atoms with van der Waals surface area (Å²) in [5.74, 6) is 0.557. The monoisotopic (exact) mass is 238 g/mol. The van der Waals surface area contributed by atoms with Crippen molar-refractivity contribution < 1.29 is 4.74 Å². The van der Waals surface area contributed by atoms with Gasteiger partial charge in [0.15, 0.2) is 5.96 Å². The van der Waals surface area contributed by atoms with Crippen molar-refractivity contribution in [3.8, 4) is 0 Å². The second-order valence-electron chi connectivity index (χ2n) is 4.15. The fourth-order valence-electron chi connectivity index (χ4n) is 1.74. The molecule has 0 radical (unpaired) electrons. The lowest BCUT2D eigenvalue weighted by molar-refractivity contribution is 0.00528. The molecular weight excluding hydrogens is 220 g/mol. The molecule has 2 N–H and O–H groups in total. The van der Waals surface area contributed by atoms with Gasteiger partial charge in [-0.15, -0.1) is 5.10 Å². The molecule has 1 saturated heterocycles. The maximum absolute atomic E-state index is 5.95. The molecule has 0 aliphatic carbocycles. The lowest BCUT2D eigenvalue weighted by atomic mass is 10.3. The van der Waals surface area contributed by atoms with Gasteiger partial charge in [0.05, 0.1) is 31.1 Å². The Labute approximate surface area is 100 Å². The summed E-state index contributed by atoms with van der Waals surface area (Å²) in [5, 5.41) is 7.64. The number of guanidine groups is 1. The van der Waals surface area contributed by atoms with Crippen LogP contribution in [0.1, 0.15) is 12.6 Å². The van der Waals surface area contributed by atoms with Gasteiger partial charge < -0.3 is 15.4 Å². The Morgan fingerprint density at radius 2 is 2.53 bits per heavy atom. The molecule has 1 unspecified atom stereocenters. The van der Waals surface area contributed by atoms with Crippen LogP contribution in [0.4, 0.5) is 0 Å². The minimum absolute atomic E-state index is 0.205. The first-order chi connectivity index (χ1) is 8.16. The molecule has 0 spiro atoms. The van der Waals surface area contributed by atoms with Crippen molar-refractivity contribution in [1.82, 2.24) is 19.9 Å². The van der Waals surface area contributed by atoms with Gasteiger partial charge in [0.2, 0.25) is 0 Å². The van der Waals surface area contributed by atoms with Crippen LogP contribution < -0.4 is 5.73 Å². The van der Waals surface area contributed by atoms with Crippen LogP contribution in [0.2, 0.25) is 0 Å². The van der Waals surface area contributed by atoms with E-state index in [1.54, 1.807) is 10.9 Å². The van der Waals surface area contributed by atoms with E-state index in [-0.39, 0.29) is 6.10 Å². The van der Waals surface area contributed by atoms with Crippen LogP contribution in [0, 0.1) is 0 Å². The Balaban J connectivity index is 1.95. The molecule has 94 valence electrons. The summed E-state index contributed by atoms with van der Waals surface area (Å²) in [6.45, 7) is 4.82. The van der Waals surface area contributed by atoms with E-state index in [2.05, 4.69) is 15.3 Å². The topological polar surface area (TPSA) is 81.6 Å². The molecule has 0 amide bonds. The predicted octanol–water partition coefficient (Wildman–Crippen LogP) is -0.649. The average Bonchev–Trinajstić information content (AvgIpc) is 2.72. The number of nitrogens with zero attached hydrogens (tertiary/aromatic N) is 5. The van der Waals surface area contributed by atoms with Crippen LogP contribution in [0.25, 0.3) is 0 Å². The number of aliphatic imine (C=N–C) groups is 1. The zero-order valence-corrected chi connectivity index (χ0v) is 10.2. The first-order valence-corrected chi connectivity index (χ1v) is 5.67. The van der Waals surface area contributed by atoms with Crippen LogP contribution in [0.15, 0.2) is 11.2 Å². The van der Waals surface area contributed by atoms with E-state index in [0.29, 0.717) is 19.1 Å². The molecule has 1 aromatic heterocycles. The van der Waals surface area contributed by atoms with Crippen molar-refractivity contribution in [1.29, 1.82) is 0 Å². The summed E-state index contributed by atoms with van der Waals surface area (Å²) in [6.07, 6.45) is 1.90. The number of aromatic nitrogens is 3. The molecular formula is C10H18N6O. The molecule has 0 saturated carbocycles. The SMILES string of the molecule is CC1CN(C(N)=NCc2cnnn2C)CCO1. The number of ether oxygens (including phenoxy) is 1. The van der Waals surface area contributed by atoms with Crippen molar-refractivity contribution in [2.45, 2.75) is 19.6 Å². The maximum atomic E-state index is 5.95. The molecule has 2 rings (SSSR count). The summed E-state index contributed by atoms with van der Waals surface area (Å²) >= 11 is 0. The van der Waals surface area contributed by atoms with Crippen LogP contribution in [0.3, 0.4) is 0 Å². The van der Waals surface area contributed by atoms with Gasteiger partial charge in [-0.25, -0.2) is 4.99 Å². The van der Waals surface area contributed by atoms with Gasteiger partial charge in [0.25, 0.3) is 0 Å². The van der Waals surface area contributed by atoms with Gasteiger partial charge in [0, 0.05) is 20.1 Å². The number of aryl methyl sites for hydroxylation is 1. The molecule has 1 aromatic rings. The Bertz CT molecular complexity index is 401. The highest BCUT2D eigenvalue weighted by Gasteiger charge is 2.17. The largest absolute Gasteiger partial charge is 0.375 e. The van der Waals surface area contributed by atoms with E-state index in [1.807, 2.05) is 18.9 Å². The lowest BCUT2D eigenvalue weighted by Crippen LogP contribution is -2.47. The first-order valence-electron chi connectivity index (χ1n) is 5.67. The van der Waals surface area contributed by atoms with E-state index in [9.17, 15) is 0 Å². The van der Waals surface area contributed by atoms with Gasteiger partial charge in [-0.1, -0.05) is 5.21 Å². The van der Waals surface area contributed by atoms with E-state index >= 15 is 0 Å². The third-order valence-electron chi connectivity index (χ3n) is 2.78. The molecule has 2 heterocycles. The standard InChI is InChI=1S/C10H18N6O/c1-8-7-16(3-4-17-8)10(11)12-5-9-6-13-14-15(9)2/h6,8H,3-5,7H2,1-2H3,(H2,11,12). The molecule has 0 bridgehead atoms. The Morgan fingerprint density at radius 3 is 3.18 bits per heavy atom. The summed E-state index contributed by atoms with van der Waals surface area (Å²) in [4.78, 5) is 6.39. The normalized spacial score (nSPS) is 21.9. The van der Waals surface area contributed by atoms with Gasteiger partial charge in [0.1, 0.15) is 0 Å². The summed E-state index contributed by atoms with van der Waals surface area (Å²) in [6, 6.07) is 0. The lowest BCUT2D eigenvalue weighted by Gasteiger charge is -2.31. The quantitative estimate of drug-likeness (QED) is 0.547. The maximum Gasteiger partial charge on any atom is 0.191 e. The first kappa shape index (κ1) is 11.8. The van der Waals surface area contributed by atoms with Gasteiger partial charge in [-0.3, -0.25) is 4.68 Å². The van der Waals surface area contributed by atoms with Gasteiger partial charge >= 0.3 is 0 Å². The summed E-state index contributed by atoms with van der Waals surface area (Å²) in [5.41, 5.74) is 6.89. The Kier molecular flexibility index (Phi) is 3.58. The van der Waals surface area contributed by atoms with E-state index in [1.165, 1.54) is 0 Å². The molecule has 1 aliphatic rings. The third-order valence-corrected chi connectivity index (χ3v) is 2.78. The smallest absolute Gasteiger partial charge is 0.191 e. The molecule has 0 aromatic carbocycles. The minimum atomic E-state index is 0.205. The molecule has 1 aliphatic heterocycles. The number of morpholine rings is 1. The molecule has 1 atom stereocenters. The second-order valence-corrected chi connectivity index (χ2v) is 4.15. The summed E-state index contributed by atoms with van der Waals surface area (Å²) in [7, 11) is 1.84. The third kappa shape index (κ3) is 2.94. The van der Waals surface area contributed by atoms with E-state index in [0.717, 1.165) is 18.8 Å². The number of hydrogen-bond acceptors (Lipinski definition) is 4. The second kappa shape index (κ2) is 5.13. The van der Waals surface area contributed by atoms with Crippen molar-refractivity contribution in [2.24, 2.45) is 17.8 Å². The van der Waals surface area contributed by atoms with Crippen LogP contribution in [-0.2, 0) is 18.3 Å². The van der Waals surface area contributed by atoms with Gasteiger partial charge in [-0.05, 0) is 6.92 Å². The highest BCUT2D eigenvalue weighted by Crippen LogP contribution is 2.04. The number of hydrogen-bond donors (Lipinski definition) is 1. The Morgan fingerprint density at radius 1 is 1.71 bits per heavy atom. The molecule has 17 heavy (non-hydrogen) atoms. The van der Waals surface area contributed by atoms with Crippen molar-refractivity contribution in [3.63, 3.8) is 0 Å². The molecule has 7 nitrogen and oxygen atoms in total. The van der Waals surface area contributed by atoms with Crippen LogP contribution in [-0.4, -0.2) is 51.7 Å². The predicted molar refractivity (Wildman–Crippen MR) is 63.3 cm³/mol. The average molecular weight is 238 g/mol. The van der Waals surface area contributed by atoms with Crippen molar-refractivity contribution >= 4 is 5.96 Å². The highest BCUT2D eigenvalue weighted by atomic mass is 16.5. The zero-order valence-electron chi connectivity index (χ0n) is 10.2. The molecule has 7 heteroatoms. The summed E-state index contributed by atoms with van der Waals surface area (Å²) < 4.78 is 7.14. The number of rotatable bonds is 2. The van der Waals surface area contributed by atoms with Crippen LogP contribution >= 0.6 is 0 Å². The van der Waals surface area contributed by atoms with Crippen LogP contribution in [0.5, 0.6) is 0 Å². The fourth-order valence-corrected chi connectivity index (χ4v) is 1.74. The van der Waals surface area contributed by atoms with Gasteiger partial charge in [-0.2, -0.15) is 0 Å². The van der Waals surface area contributed by atoms with E-state index < -0.39 is 0 Å². The van der Waals surface area contributed by atoms with Crippen molar-refractivity contribution in [2.75, 3.05) is 19.7 Å². The zero-order chi connectivity index (χ0) is 12.3. The fraction of sp³-hybridized carbons (Fsp3) is 0.700. The number of nitrogens with two attached hydrogens (primary N) is 1.